The second kappa shape index (κ2) is 10.7. The molecular weight excluding hydrogens is 426 g/mol. The molecule has 0 spiro atoms. The molecule has 2 aliphatic rings. The Labute approximate surface area is 195 Å². The number of thioether (sulfide) groups is 1. The number of likely N-dealkylation sites (tertiary alicyclic amines) is 1. The summed E-state index contributed by atoms with van der Waals surface area (Å²) in [6.07, 6.45) is 13.9. The van der Waals surface area contributed by atoms with Crippen molar-refractivity contribution >= 4 is 29.3 Å². The number of benzene rings is 1. The molecule has 6 heteroatoms. The van der Waals surface area contributed by atoms with Crippen molar-refractivity contribution in [2.24, 2.45) is 0 Å². The number of allylic oxidation sites excluding steroid dienone is 2. The first-order chi connectivity index (χ1) is 15.1. The Morgan fingerprint density at radius 1 is 1.19 bits per heavy atom. The van der Waals surface area contributed by atoms with Crippen LogP contribution in [0, 0.1) is 0 Å². The highest BCUT2D eigenvalue weighted by atomic mass is 35.5. The quantitative estimate of drug-likeness (QED) is 0.347. The predicted octanol–water partition coefficient (Wildman–Crippen LogP) is 6.59. The highest BCUT2D eigenvalue weighted by Gasteiger charge is 2.24. The fourth-order valence-electron chi connectivity index (χ4n) is 4.61. The summed E-state index contributed by atoms with van der Waals surface area (Å²) in [4.78, 5) is 19.6. The molecule has 1 atom stereocenters. The van der Waals surface area contributed by atoms with E-state index in [9.17, 15) is 4.79 Å². The zero-order chi connectivity index (χ0) is 21.6. The predicted molar refractivity (Wildman–Crippen MR) is 130 cm³/mol. The van der Waals surface area contributed by atoms with E-state index in [2.05, 4.69) is 22.5 Å². The van der Waals surface area contributed by atoms with Crippen molar-refractivity contribution in [1.82, 2.24) is 14.5 Å². The van der Waals surface area contributed by atoms with Gasteiger partial charge in [0.1, 0.15) is 0 Å². The van der Waals surface area contributed by atoms with Crippen LogP contribution in [0.3, 0.4) is 0 Å². The number of rotatable bonds is 7. The Bertz CT molecular complexity index is 921. The molecule has 0 unspecified atom stereocenters. The third kappa shape index (κ3) is 5.75. The summed E-state index contributed by atoms with van der Waals surface area (Å²) in [6.45, 7) is 3.94. The lowest BCUT2D eigenvalue weighted by atomic mass is 9.97. The van der Waals surface area contributed by atoms with Crippen molar-refractivity contribution in [3.63, 3.8) is 0 Å². The summed E-state index contributed by atoms with van der Waals surface area (Å²) in [7, 11) is 0. The van der Waals surface area contributed by atoms with Gasteiger partial charge in [-0.25, -0.2) is 4.98 Å². The monoisotopic (exact) mass is 457 g/mol. The van der Waals surface area contributed by atoms with E-state index < -0.39 is 0 Å². The number of aromatic nitrogens is 2. The standard InChI is InChI=1S/C25H32ClN3OS/c1-19-7-5-6-15-28(19)24(30)18-31-25-27-17-23(21-10-12-22(26)13-11-21)29(25)16-14-20-8-3-2-4-9-20/h8,10-13,17,19H,2-7,9,14-16,18H2,1H3/t19-/m0/s1. The first kappa shape index (κ1) is 22.5. The van der Waals surface area contributed by atoms with Gasteiger partial charge in [-0.1, -0.05) is 47.1 Å². The molecule has 1 aliphatic carbocycles. The SMILES string of the molecule is C[C@H]1CCCCN1C(=O)CSc1ncc(-c2ccc(Cl)cc2)n1CCC1=CCCCC1. The maximum absolute atomic E-state index is 12.9. The molecule has 1 aromatic heterocycles. The van der Waals surface area contributed by atoms with Crippen LogP contribution in [0.1, 0.15) is 58.3 Å². The van der Waals surface area contributed by atoms with Gasteiger partial charge in [0.2, 0.25) is 5.91 Å². The van der Waals surface area contributed by atoms with Gasteiger partial charge in [0.25, 0.3) is 0 Å². The lowest BCUT2D eigenvalue weighted by Crippen LogP contribution is -2.43. The van der Waals surface area contributed by atoms with Gasteiger partial charge < -0.3 is 9.47 Å². The minimum atomic E-state index is 0.231. The summed E-state index contributed by atoms with van der Waals surface area (Å²) in [6, 6.07) is 8.29. The van der Waals surface area contributed by atoms with E-state index in [-0.39, 0.29) is 5.91 Å². The van der Waals surface area contributed by atoms with Gasteiger partial charge in [-0.3, -0.25) is 4.79 Å². The van der Waals surface area contributed by atoms with Crippen molar-refractivity contribution in [3.8, 4) is 11.3 Å². The third-order valence-corrected chi connectivity index (χ3v) is 7.68. The molecule has 0 bridgehead atoms. The van der Waals surface area contributed by atoms with E-state index >= 15 is 0 Å². The summed E-state index contributed by atoms with van der Waals surface area (Å²) < 4.78 is 2.29. The second-order valence-electron chi connectivity index (χ2n) is 8.66. The molecule has 1 saturated heterocycles. The van der Waals surface area contributed by atoms with Crippen LogP contribution in [0.25, 0.3) is 11.3 Å². The summed E-state index contributed by atoms with van der Waals surface area (Å²) in [5.41, 5.74) is 3.75. The van der Waals surface area contributed by atoms with Crippen molar-refractivity contribution in [2.45, 2.75) is 76.0 Å². The molecule has 0 saturated carbocycles. The van der Waals surface area contributed by atoms with E-state index in [4.69, 9.17) is 16.6 Å². The van der Waals surface area contributed by atoms with Crippen LogP contribution in [0.2, 0.25) is 5.02 Å². The van der Waals surface area contributed by atoms with Gasteiger partial charge in [0.05, 0.1) is 17.6 Å². The number of amides is 1. The fraction of sp³-hybridized carbons (Fsp3) is 0.520. The van der Waals surface area contributed by atoms with Crippen molar-refractivity contribution in [2.75, 3.05) is 12.3 Å². The zero-order valence-corrected chi connectivity index (χ0v) is 19.9. The molecule has 2 heterocycles. The number of hydrogen-bond acceptors (Lipinski definition) is 3. The van der Waals surface area contributed by atoms with Gasteiger partial charge in [0.15, 0.2) is 5.16 Å². The Morgan fingerprint density at radius 3 is 2.77 bits per heavy atom. The van der Waals surface area contributed by atoms with Gasteiger partial charge >= 0.3 is 0 Å². The number of imidazole rings is 1. The Morgan fingerprint density at radius 2 is 2.03 bits per heavy atom. The minimum Gasteiger partial charge on any atom is -0.339 e. The number of nitrogens with zero attached hydrogens (tertiary/aromatic N) is 3. The molecule has 1 fully saturated rings. The number of piperidine rings is 1. The number of hydrogen-bond donors (Lipinski definition) is 0. The number of carbonyl (C=O) groups excluding carboxylic acids is 1. The van der Waals surface area contributed by atoms with Gasteiger partial charge in [-0.15, -0.1) is 0 Å². The van der Waals surface area contributed by atoms with Crippen LogP contribution in [0.4, 0.5) is 0 Å². The Hall–Kier alpha value is -1.72. The van der Waals surface area contributed by atoms with E-state index in [1.807, 2.05) is 30.5 Å². The normalized spacial score (nSPS) is 19.4. The molecule has 166 valence electrons. The third-order valence-electron chi connectivity index (χ3n) is 6.45. The highest BCUT2D eigenvalue weighted by molar-refractivity contribution is 7.99. The average Bonchev–Trinajstić information content (AvgIpc) is 3.20. The lowest BCUT2D eigenvalue weighted by molar-refractivity contribution is -0.131. The number of carbonyl (C=O) groups is 1. The van der Waals surface area contributed by atoms with E-state index in [0.29, 0.717) is 11.8 Å². The average molecular weight is 458 g/mol. The molecule has 0 N–H and O–H groups in total. The van der Waals surface area contributed by atoms with Gasteiger partial charge in [0, 0.05) is 24.2 Å². The largest absolute Gasteiger partial charge is 0.339 e. The molecule has 4 nitrogen and oxygen atoms in total. The van der Waals surface area contributed by atoms with Crippen molar-refractivity contribution in [3.05, 3.63) is 47.1 Å². The van der Waals surface area contributed by atoms with Gasteiger partial charge in [-0.05, 0) is 76.0 Å². The van der Waals surface area contributed by atoms with Crippen LogP contribution in [0.15, 0.2) is 47.3 Å². The van der Waals surface area contributed by atoms with Crippen LogP contribution >= 0.6 is 23.4 Å². The molecular formula is C25H32ClN3OS. The maximum Gasteiger partial charge on any atom is 0.233 e. The van der Waals surface area contributed by atoms with Crippen LogP contribution in [-0.4, -0.2) is 38.7 Å². The van der Waals surface area contributed by atoms with E-state index in [0.717, 1.165) is 53.8 Å². The topological polar surface area (TPSA) is 38.1 Å². The molecule has 2 aromatic rings. The highest BCUT2D eigenvalue weighted by Crippen LogP contribution is 2.30. The molecule has 1 aromatic carbocycles. The van der Waals surface area contributed by atoms with Crippen LogP contribution in [0.5, 0.6) is 0 Å². The first-order valence-corrected chi connectivity index (χ1v) is 12.9. The van der Waals surface area contributed by atoms with Crippen LogP contribution < -0.4 is 0 Å². The number of halogens is 1. The minimum absolute atomic E-state index is 0.231. The molecule has 0 radical (unpaired) electrons. The van der Waals surface area contributed by atoms with Crippen molar-refractivity contribution in [1.29, 1.82) is 0 Å². The molecule has 31 heavy (non-hydrogen) atoms. The Kier molecular flexibility index (Phi) is 7.78. The molecule has 1 aliphatic heterocycles. The van der Waals surface area contributed by atoms with Crippen LogP contribution in [-0.2, 0) is 11.3 Å². The lowest BCUT2D eigenvalue weighted by Gasteiger charge is -2.33. The van der Waals surface area contributed by atoms with E-state index in [1.54, 1.807) is 17.3 Å². The van der Waals surface area contributed by atoms with Gasteiger partial charge in [-0.2, -0.15) is 0 Å². The summed E-state index contributed by atoms with van der Waals surface area (Å²) in [5.74, 6) is 0.680. The first-order valence-electron chi connectivity index (χ1n) is 11.5. The maximum atomic E-state index is 12.9. The second-order valence-corrected chi connectivity index (χ2v) is 10.0. The van der Waals surface area contributed by atoms with E-state index in [1.165, 1.54) is 32.1 Å². The zero-order valence-electron chi connectivity index (χ0n) is 18.4. The Balaban J connectivity index is 1.50. The fourth-order valence-corrected chi connectivity index (χ4v) is 5.62. The summed E-state index contributed by atoms with van der Waals surface area (Å²) in [5, 5.41) is 1.66. The van der Waals surface area contributed by atoms with Crippen molar-refractivity contribution < 1.29 is 4.79 Å². The summed E-state index contributed by atoms with van der Waals surface area (Å²) >= 11 is 7.67. The smallest absolute Gasteiger partial charge is 0.233 e. The molecule has 1 amide bonds. The molecule has 4 rings (SSSR count).